The van der Waals surface area contributed by atoms with E-state index in [1.54, 1.807) is 17.0 Å². The molecule has 1 aliphatic rings. The van der Waals surface area contributed by atoms with Gasteiger partial charge in [-0.15, -0.1) is 0 Å². The van der Waals surface area contributed by atoms with Crippen molar-refractivity contribution in [2.24, 2.45) is 0 Å². The van der Waals surface area contributed by atoms with E-state index in [1.165, 1.54) is 12.1 Å². The number of hydrogen-bond acceptors (Lipinski definition) is 3. The van der Waals surface area contributed by atoms with E-state index in [2.05, 4.69) is 6.58 Å². The van der Waals surface area contributed by atoms with Gasteiger partial charge in [0.1, 0.15) is 0 Å². The van der Waals surface area contributed by atoms with Crippen molar-refractivity contribution in [1.29, 1.82) is 0 Å². The van der Waals surface area contributed by atoms with Crippen molar-refractivity contribution in [3.63, 3.8) is 0 Å². The Hall–Kier alpha value is -1.73. The molecule has 7 heteroatoms. The number of carbonyl (C=O) groups excluding carboxylic acids is 1. The monoisotopic (exact) mass is 363 g/mol. The van der Waals surface area contributed by atoms with Crippen LogP contribution < -0.4 is 42.6 Å². The molecule has 0 radical (unpaired) electrons. The second-order valence-corrected chi connectivity index (χ2v) is 7.82. The zero-order valence-electron chi connectivity index (χ0n) is 15.3. The minimum Gasteiger partial charge on any atom is -0.304 e. The van der Waals surface area contributed by atoms with E-state index in [9.17, 15) is 13.2 Å². The van der Waals surface area contributed by atoms with E-state index < -0.39 is 9.84 Å². The Morgan fingerprint density at radius 2 is 1.63 bits per heavy atom. The van der Waals surface area contributed by atoms with Crippen molar-refractivity contribution in [3.05, 3.63) is 83.8 Å². The molecule has 1 aliphatic heterocycles. The second-order valence-electron chi connectivity index (χ2n) is 5.92. The summed E-state index contributed by atoms with van der Waals surface area (Å²) >= 11 is 0. The van der Waals surface area contributed by atoms with Crippen LogP contribution in [-0.2, 0) is 16.4 Å². The van der Waals surface area contributed by atoms with Gasteiger partial charge in [-0.05, 0) is 40.6 Å². The van der Waals surface area contributed by atoms with Gasteiger partial charge in [-0.3, -0.25) is 4.79 Å². The Bertz CT molecular complexity index is 1140. The average molecular weight is 363 g/mol. The van der Waals surface area contributed by atoms with Crippen LogP contribution in [0.25, 0.3) is 10.8 Å². The molecule has 0 aromatic heterocycles. The zero-order chi connectivity index (χ0) is 17.6. The summed E-state index contributed by atoms with van der Waals surface area (Å²) in [5, 5.41) is 2.92. The molecule has 4 rings (SSSR count). The van der Waals surface area contributed by atoms with E-state index >= 15 is 0 Å². The van der Waals surface area contributed by atoms with E-state index in [1.807, 2.05) is 36.4 Å². The largest absolute Gasteiger partial charge is 1.00 e. The number of carbonyl (C=O) groups is 1. The normalized spacial score (nSPS) is 12.9. The first kappa shape index (κ1) is 21.6. The van der Waals surface area contributed by atoms with Crippen LogP contribution in [0.15, 0.2) is 77.5 Å². The molecule has 0 bridgehead atoms. The van der Waals surface area contributed by atoms with Gasteiger partial charge in [-0.2, -0.15) is 0 Å². The first-order valence-corrected chi connectivity index (χ1v) is 9.36. The molecule has 0 atom stereocenters. The van der Waals surface area contributed by atoms with Crippen LogP contribution in [0.4, 0.5) is 5.69 Å². The molecule has 0 spiro atoms. The van der Waals surface area contributed by atoms with Gasteiger partial charge in [0.15, 0.2) is 9.84 Å². The second kappa shape index (κ2) is 8.11. The molecule has 3 aromatic carbocycles. The Morgan fingerprint density at radius 1 is 0.963 bits per heavy atom. The van der Waals surface area contributed by atoms with E-state index in [-0.39, 0.29) is 48.5 Å². The third-order valence-corrected chi connectivity index (χ3v) is 5.82. The van der Waals surface area contributed by atoms with Crippen LogP contribution in [0, 0.1) is 0 Å². The minimum absolute atomic E-state index is 0. The molecule has 3 aromatic rings. The van der Waals surface area contributed by atoms with E-state index in [0.717, 1.165) is 21.7 Å². The molecule has 0 N–H and O–H groups in total. The number of benzene rings is 3. The molecular formula is C20H15Li2NO3S+2. The third kappa shape index (κ3) is 3.67. The molecule has 0 fully saturated rings. The van der Waals surface area contributed by atoms with E-state index in [0.29, 0.717) is 17.8 Å². The number of sulfone groups is 1. The van der Waals surface area contributed by atoms with Crippen molar-refractivity contribution in [3.8, 4) is 0 Å². The Kier molecular flexibility index (Phi) is 6.48. The fourth-order valence-corrected chi connectivity index (χ4v) is 4.00. The topological polar surface area (TPSA) is 54.5 Å². The van der Waals surface area contributed by atoms with Crippen LogP contribution in [0.5, 0.6) is 0 Å². The summed E-state index contributed by atoms with van der Waals surface area (Å²) in [6.45, 7) is 3.76. The van der Waals surface area contributed by atoms with Gasteiger partial charge in [-0.1, -0.05) is 43.0 Å². The maximum absolute atomic E-state index is 13.0. The summed E-state index contributed by atoms with van der Waals surface area (Å²) in [4.78, 5) is 14.7. The zero-order valence-corrected chi connectivity index (χ0v) is 16.2. The minimum atomic E-state index is -3.55. The molecule has 0 saturated carbocycles. The smallest absolute Gasteiger partial charge is 0.304 e. The number of rotatable bonds is 3. The molecule has 0 aliphatic carbocycles. The molecule has 1 amide bonds. The number of amides is 1. The van der Waals surface area contributed by atoms with Crippen LogP contribution >= 0.6 is 0 Å². The summed E-state index contributed by atoms with van der Waals surface area (Å²) in [6, 6.07) is 18.0. The van der Waals surface area contributed by atoms with Gasteiger partial charge in [0.05, 0.1) is 11.4 Å². The molecule has 1 heterocycles. The van der Waals surface area contributed by atoms with Gasteiger partial charge < -0.3 is 4.90 Å². The molecule has 27 heavy (non-hydrogen) atoms. The van der Waals surface area contributed by atoms with Gasteiger partial charge in [-0.25, -0.2) is 8.42 Å². The summed E-state index contributed by atoms with van der Waals surface area (Å²) in [5.74, 6) is -0.127. The van der Waals surface area contributed by atoms with Gasteiger partial charge in [0, 0.05) is 16.7 Å². The Balaban J connectivity index is 0.00000131. The maximum atomic E-state index is 13.0. The fraction of sp³-hybridized carbons (Fsp3) is 0.0500. The average Bonchev–Trinajstić information content (AvgIpc) is 2.64. The fourth-order valence-electron chi connectivity index (χ4n) is 3.25. The van der Waals surface area contributed by atoms with Crippen molar-refractivity contribution >= 4 is 32.2 Å². The summed E-state index contributed by atoms with van der Waals surface area (Å²) in [6.07, 6.45) is 0. The van der Waals surface area contributed by atoms with Gasteiger partial charge >= 0.3 is 37.7 Å². The van der Waals surface area contributed by atoms with Crippen LogP contribution in [0.1, 0.15) is 15.9 Å². The van der Waals surface area contributed by atoms with Crippen molar-refractivity contribution in [1.82, 2.24) is 0 Å². The molecule has 0 unspecified atom stereocenters. The predicted molar refractivity (Wildman–Crippen MR) is 98.3 cm³/mol. The summed E-state index contributed by atoms with van der Waals surface area (Å²) < 4.78 is 24.1. The number of anilines is 1. The summed E-state index contributed by atoms with van der Waals surface area (Å²) in [7, 11) is -3.55. The predicted octanol–water partition coefficient (Wildman–Crippen LogP) is -2.07. The maximum Gasteiger partial charge on any atom is 1.00 e. The summed E-state index contributed by atoms with van der Waals surface area (Å²) in [5.41, 5.74) is 2.24. The molecule has 0 saturated heterocycles. The van der Waals surface area contributed by atoms with Crippen LogP contribution in [0.2, 0.25) is 0 Å². The molecule has 124 valence electrons. The number of hydrogen-bond donors (Lipinski definition) is 0. The first-order chi connectivity index (χ1) is 12.0. The molecule has 4 nitrogen and oxygen atoms in total. The first-order valence-electron chi connectivity index (χ1n) is 7.81. The van der Waals surface area contributed by atoms with E-state index in [4.69, 9.17) is 0 Å². The van der Waals surface area contributed by atoms with Crippen molar-refractivity contribution in [2.75, 3.05) is 4.90 Å². The Morgan fingerprint density at radius 3 is 2.33 bits per heavy atom. The van der Waals surface area contributed by atoms with Gasteiger partial charge in [0.25, 0.3) is 5.91 Å². The number of nitrogens with zero attached hydrogens (tertiary/aromatic N) is 1. The SMILES string of the molecule is C=CS(=O)(=O)c1cccc(N2Cc3cccc4cccc(c34)C2=O)c1.[Li+].[Li+]. The van der Waals surface area contributed by atoms with Crippen molar-refractivity contribution in [2.45, 2.75) is 11.4 Å². The van der Waals surface area contributed by atoms with Crippen LogP contribution in [-0.4, -0.2) is 14.3 Å². The molecular weight excluding hydrogens is 348 g/mol. The standard InChI is InChI=1S/C20H15NO3S.2Li/c1-2-25(23,24)17-10-5-9-16(12-17)21-13-15-8-3-6-14-7-4-11-18(19(14)15)20(21)22;;/h2-12H,1,13H2;;/q;2*+1. The quantitative estimate of drug-likeness (QED) is 0.503. The van der Waals surface area contributed by atoms with Crippen molar-refractivity contribution < 1.29 is 50.9 Å². The van der Waals surface area contributed by atoms with Crippen LogP contribution in [0.3, 0.4) is 0 Å². The Labute approximate surface area is 182 Å². The third-order valence-electron chi connectivity index (χ3n) is 4.47. The van der Waals surface area contributed by atoms with Gasteiger partial charge in [0.2, 0.25) is 0 Å².